The van der Waals surface area contributed by atoms with Gasteiger partial charge in [0.25, 0.3) is 0 Å². The highest BCUT2D eigenvalue weighted by molar-refractivity contribution is 6.07. The van der Waals surface area contributed by atoms with Crippen LogP contribution in [0.2, 0.25) is 0 Å². The van der Waals surface area contributed by atoms with Crippen LogP contribution in [0.5, 0.6) is 0 Å². The molecule has 1 aliphatic heterocycles. The smallest absolute Gasteiger partial charge is 0.347 e. The number of allylic oxidation sites excluding steroid dienone is 1. The van der Waals surface area contributed by atoms with Crippen LogP contribution in [0.15, 0.2) is 47.1 Å². The Hall–Kier alpha value is -3.41. The third-order valence-corrected chi connectivity index (χ3v) is 5.14. The number of benzene rings is 1. The van der Waals surface area contributed by atoms with Gasteiger partial charge in [-0.3, -0.25) is 0 Å². The Morgan fingerprint density at radius 3 is 2.86 bits per heavy atom. The summed E-state index contributed by atoms with van der Waals surface area (Å²) >= 11 is 0. The highest BCUT2D eigenvalue weighted by Crippen LogP contribution is 2.38. The number of aromatic nitrogens is 1. The maximum atomic E-state index is 13.0. The molecule has 0 spiro atoms. The predicted molar refractivity (Wildman–Crippen MR) is 101 cm³/mol. The van der Waals surface area contributed by atoms with Gasteiger partial charge in [-0.1, -0.05) is 18.2 Å². The minimum absolute atomic E-state index is 0.280. The molecule has 1 aromatic carbocycles. The zero-order valence-corrected chi connectivity index (χ0v) is 15.0. The average molecular weight is 375 g/mol. The van der Waals surface area contributed by atoms with E-state index < -0.39 is 18.0 Å². The van der Waals surface area contributed by atoms with Crippen molar-refractivity contribution in [3.63, 3.8) is 0 Å². The second-order valence-corrected chi connectivity index (χ2v) is 6.87. The van der Waals surface area contributed by atoms with Crippen LogP contribution in [-0.2, 0) is 20.7 Å². The summed E-state index contributed by atoms with van der Waals surface area (Å²) in [4.78, 5) is 29.6. The van der Waals surface area contributed by atoms with Crippen LogP contribution in [0.25, 0.3) is 22.6 Å². The van der Waals surface area contributed by atoms with E-state index in [-0.39, 0.29) is 6.61 Å². The van der Waals surface area contributed by atoms with E-state index in [1.807, 2.05) is 42.5 Å². The monoisotopic (exact) mass is 375 g/mol. The fourth-order valence-corrected chi connectivity index (χ4v) is 3.83. The van der Waals surface area contributed by atoms with Gasteiger partial charge in [0.15, 0.2) is 0 Å². The first-order chi connectivity index (χ1) is 13.7. The summed E-state index contributed by atoms with van der Waals surface area (Å²) in [5.41, 5.74) is 3.87. The van der Waals surface area contributed by atoms with Crippen molar-refractivity contribution in [3.05, 3.63) is 65.2 Å². The SMILES string of the molecule is O=C(O[C@H]1CCOC1=O)c1c2c(nc3ccccc13)/C(=C/c1ccco1)CC2. The minimum atomic E-state index is -0.838. The highest BCUT2D eigenvalue weighted by Gasteiger charge is 2.33. The lowest BCUT2D eigenvalue weighted by Gasteiger charge is -2.14. The predicted octanol–water partition coefficient (Wildman–Crippen LogP) is 3.79. The molecule has 6 nitrogen and oxygen atoms in total. The minimum Gasteiger partial charge on any atom is -0.465 e. The molecule has 3 aromatic rings. The van der Waals surface area contributed by atoms with E-state index in [4.69, 9.17) is 18.9 Å². The summed E-state index contributed by atoms with van der Waals surface area (Å²) in [5.74, 6) is -0.240. The summed E-state index contributed by atoms with van der Waals surface area (Å²) in [6, 6.07) is 11.2. The molecule has 0 N–H and O–H groups in total. The molecule has 0 bridgehead atoms. The van der Waals surface area contributed by atoms with Gasteiger partial charge in [0, 0.05) is 11.8 Å². The molecular formula is C22H17NO5. The van der Waals surface area contributed by atoms with Gasteiger partial charge in [-0.2, -0.15) is 0 Å². The van der Waals surface area contributed by atoms with Gasteiger partial charge < -0.3 is 13.9 Å². The van der Waals surface area contributed by atoms with Crippen LogP contribution in [0, 0.1) is 0 Å². The number of nitrogens with zero attached hydrogens (tertiary/aromatic N) is 1. The van der Waals surface area contributed by atoms with E-state index >= 15 is 0 Å². The quantitative estimate of drug-likeness (QED) is 0.648. The first-order valence-corrected chi connectivity index (χ1v) is 9.24. The third kappa shape index (κ3) is 2.78. The molecule has 0 radical (unpaired) electrons. The molecule has 1 aliphatic carbocycles. The summed E-state index contributed by atoms with van der Waals surface area (Å²) in [6.07, 6.45) is 4.56. The molecule has 3 heterocycles. The second kappa shape index (κ2) is 6.64. The van der Waals surface area contributed by atoms with Crippen molar-refractivity contribution in [1.82, 2.24) is 4.98 Å². The number of ether oxygens (including phenoxy) is 2. The average Bonchev–Trinajstić information content (AvgIpc) is 3.44. The van der Waals surface area contributed by atoms with Crippen molar-refractivity contribution >= 4 is 34.5 Å². The van der Waals surface area contributed by atoms with Crippen LogP contribution < -0.4 is 0 Å². The molecule has 1 saturated heterocycles. The number of carbonyl (C=O) groups is 2. The Kier molecular flexibility index (Phi) is 3.97. The number of hydrogen-bond donors (Lipinski definition) is 0. The molecule has 0 unspecified atom stereocenters. The maximum Gasteiger partial charge on any atom is 0.347 e. The van der Waals surface area contributed by atoms with Crippen molar-refractivity contribution in [2.45, 2.75) is 25.4 Å². The zero-order valence-electron chi connectivity index (χ0n) is 15.0. The summed E-state index contributed by atoms with van der Waals surface area (Å²) < 4.78 is 15.8. The summed E-state index contributed by atoms with van der Waals surface area (Å²) in [7, 11) is 0. The standard InChI is InChI=1S/C22H17NO5/c24-21-18(9-11-27-21)28-22(25)19-15-5-1-2-6-17(15)23-20-13(7-8-16(19)20)12-14-4-3-10-26-14/h1-6,10,12,18H,7-9,11H2/b13-12+/t18-/m0/s1. The summed E-state index contributed by atoms with van der Waals surface area (Å²) in [5, 5.41) is 0.733. The number of para-hydroxylation sites is 1. The van der Waals surface area contributed by atoms with Gasteiger partial charge in [0.05, 0.1) is 29.6 Å². The largest absolute Gasteiger partial charge is 0.465 e. The van der Waals surface area contributed by atoms with E-state index in [1.165, 1.54) is 0 Å². The first-order valence-electron chi connectivity index (χ1n) is 9.24. The molecule has 1 fully saturated rings. The van der Waals surface area contributed by atoms with Crippen molar-refractivity contribution in [2.75, 3.05) is 6.61 Å². The first kappa shape index (κ1) is 16.7. The van der Waals surface area contributed by atoms with Crippen molar-refractivity contribution < 1.29 is 23.5 Å². The lowest BCUT2D eigenvalue weighted by Crippen LogP contribution is -2.23. The van der Waals surface area contributed by atoms with Gasteiger partial charge in [0.2, 0.25) is 6.10 Å². The van der Waals surface area contributed by atoms with Crippen molar-refractivity contribution in [3.8, 4) is 0 Å². The van der Waals surface area contributed by atoms with E-state index in [0.717, 1.165) is 39.9 Å². The number of esters is 2. The topological polar surface area (TPSA) is 78.6 Å². The van der Waals surface area contributed by atoms with E-state index in [0.29, 0.717) is 18.4 Å². The Bertz CT molecular complexity index is 1110. The van der Waals surface area contributed by atoms with Crippen LogP contribution in [0.4, 0.5) is 0 Å². The van der Waals surface area contributed by atoms with Gasteiger partial charge >= 0.3 is 11.9 Å². The third-order valence-electron chi connectivity index (χ3n) is 5.14. The molecule has 2 aliphatic rings. The van der Waals surface area contributed by atoms with Crippen LogP contribution >= 0.6 is 0 Å². The molecular weight excluding hydrogens is 358 g/mol. The van der Waals surface area contributed by atoms with Crippen molar-refractivity contribution in [1.29, 1.82) is 0 Å². The highest BCUT2D eigenvalue weighted by atomic mass is 16.6. The molecule has 0 amide bonds. The van der Waals surface area contributed by atoms with E-state index in [9.17, 15) is 9.59 Å². The zero-order chi connectivity index (χ0) is 19.1. The van der Waals surface area contributed by atoms with Gasteiger partial charge in [-0.25, -0.2) is 14.6 Å². The van der Waals surface area contributed by atoms with Gasteiger partial charge in [0.1, 0.15) is 5.76 Å². The Morgan fingerprint density at radius 1 is 1.18 bits per heavy atom. The normalized spacial score (nSPS) is 19.8. The van der Waals surface area contributed by atoms with Gasteiger partial charge in [-0.15, -0.1) is 0 Å². The molecule has 6 heteroatoms. The van der Waals surface area contributed by atoms with Crippen LogP contribution in [0.1, 0.15) is 40.2 Å². The number of carbonyl (C=O) groups excluding carboxylic acids is 2. The van der Waals surface area contributed by atoms with Crippen LogP contribution in [0.3, 0.4) is 0 Å². The van der Waals surface area contributed by atoms with Crippen LogP contribution in [-0.4, -0.2) is 29.6 Å². The Balaban J connectivity index is 1.62. The van der Waals surface area contributed by atoms with E-state index in [2.05, 4.69) is 0 Å². The molecule has 1 atom stereocenters. The molecule has 5 rings (SSSR count). The number of pyridine rings is 1. The fraction of sp³-hybridized carbons (Fsp3) is 0.227. The fourth-order valence-electron chi connectivity index (χ4n) is 3.83. The van der Waals surface area contributed by atoms with E-state index in [1.54, 1.807) is 6.26 Å². The molecule has 28 heavy (non-hydrogen) atoms. The lowest BCUT2D eigenvalue weighted by molar-refractivity contribution is -0.145. The number of hydrogen-bond acceptors (Lipinski definition) is 6. The Morgan fingerprint density at radius 2 is 2.07 bits per heavy atom. The number of cyclic esters (lactones) is 1. The Labute approximate surface area is 160 Å². The lowest BCUT2D eigenvalue weighted by atomic mass is 10.0. The maximum absolute atomic E-state index is 13.0. The van der Waals surface area contributed by atoms with Gasteiger partial charge in [-0.05, 0) is 48.3 Å². The number of furan rings is 1. The molecule has 0 saturated carbocycles. The number of rotatable bonds is 3. The second-order valence-electron chi connectivity index (χ2n) is 6.87. The molecule has 140 valence electrons. The van der Waals surface area contributed by atoms with Crippen molar-refractivity contribution in [2.24, 2.45) is 0 Å². The summed E-state index contributed by atoms with van der Waals surface area (Å²) in [6.45, 7) is 0.280. The number of fused-ring (bicyclic) bond motifs is 2. The molecule has 2 aromatic heterocycles.